The van der Waals surface area contributed by atoms with E-state index in [2.05, 4.69) is 10.6 Å². The van der Waals surface area contributed by atoms with Gasteiger partial charge in [0.15, 0.2) is 11.5 Å². The number of benzene rings is 1. The van der Waals surface area contributed by atoms with Crippen LogP contribution in [0.2, 0.25) is 5.02 Å². The van der Waals surface area contributed by atoms with Crippen molar-refractivity contribution in [2.24, 2.45) is 0 Å². The van der Waals surface area contributed by atoms with Gasteiger partial charge in [-0.25, -0.2) is 0 Å². The smallest absolute Gasteiger partial charge is 0.251 e. The van der Waals surface area contributed by atoms with Gasteiger partial charge in [0.05, 0.1) is 25.3 Å². The molecule has 1 aromatic carbocycles. The lowest BCUT2D eigenvalue weighted by atomic mass is 10.2. The molecule has 0 spiro atoms. The van der Waals surface area contributed by atoms with Crippen molar-refractivity contribution in [3.05, 3.63) is 22.7 Å². The number of methoxy groups -OCH3 is 1. The molecule has 0 aliphatic heterocycles. The van der Waals surface area contributed by atoms with E-state index in [1.54, 1.807) is 0 Å². The number of hydrogen-bond donors (Lipinski definition) is 2. The Bertz CT molecular complexity index is 547. The standard InChI is InChI=1S/C15H21ClN2O4/c1-5-22-14-11(16)6-10(7-12(14)21-4)15(20)17-8-13(19)18-9(2)3/h6-7,9H,5,8H2,1-4H3,(H,17,20)(H,18,19). The summed E-state index contributed by atoms with van der Waals surface area (Å²) in [6.45, 7) is 5.83. The van der Waals surface area contributed by atoms with Gasteiger partial charge < -0.3 is 20.1 Å². The third-order valence-corrected chi connectivity index (χ3v) is 2.92. The SMILES string of the molecule is CCOc1c(Cl)cc(C(=O)NCC(=O)NC(C)C)cc1OC. The minimum Gasteiger partial charge on any atom is -0.493 e. The number of carbonyl (C=O) groups excluding carboxylic acids is 2. The molecule has 1 aromatic rings. The van der Waals surface area contributed by atoms with E-state index in [1.807, 2.05) is 20.8 Å². The first-order chi connectivity index (χ1) is 10.4. The van der Waals surface area contributed by atoms with Crippen LogP contribution in [0.4, 0.5) is 0 Å². The molecule has 0 saturated heterocycles. The number of nitrogens with one attached hydrogen (secondary N) is 2. The van der Waals surface area contributed by atoms with Crippen molar-refractivity contribution in [2.75, 3.05) is 20.3 Å². The van der Waals surface area contributed by atoms with Gasteiger partial charge in [0, 0.05) is 11.6 Å². The lowest BCUT2D eigenvalue weighted by Crippen LogP contribution is -2.39. The zero-order chi connectivity index (χ0) is 16.7. The van der Waals surface area contributed by atoms with Crippen LogP contribution in [0.3, 0.4) is 0 Å². The average molecular weight is 329 g/mol. The molecule has 2 N–H and O–H groups in total. The maximum atomic E-state index is 12.1. The molecule has 0 saturated carbocycles. The first kappa shape index (κ1) is 18.1. The molecule has 0 unspecified atom stereocenters. The van der Waals surface area contributed by atoms with E-state index < -0.39 is 5.91 Å². The summed E-state index contributed by atoms with van der Waals surface area (Å²) in [6, 6.07) is 3.02. The van der Waals surface area contributed by atoms with Crippen molar-refractivity contribution < 1.29 is 19.1 Å². The van der Waals surface area contributed by atoms with E-state index >= 15 is 0 Å². The third kappa shape index (κ3) is 5.11. The molecule has 0 fully saturated rings. The van der Waals surface area contributed by atoms with Gasteiger partial charge in [-0.2, -0.15) is 0 Å². The Hall–Kier alpha value is -1.95. The highest BCUT2D eigenvalue weighted by Gasteiger charge is 2.16. The molecule has 0 heterocycles. The van der Waals surface area contributed by atoms with Crippen LogP contribution in [0.15, 0.2) is 12.1 Å². The van der Waals surface area contributed by atoms with E-state index in [9.17, 15) is 9.59 Å². The number of halogens is 1. The molecule has 1 rings (SSSR count). The first-order valence-electron chi connectivity index (χ1n) is 6.96. The molecule has 6 nitrogen and oxygen atoms in total. The van der Waals surface area contributed by atoms with Gasteiger partial charge in [0.1, 0.15) is 0 Å². The summed E-state index contributed by atoms with van der Waals surface area (Å²) in [6.07, 6.45) is 0. The van der Waals surface area contributed by atoms with Gasteiger partial charge in [-0.05, 0) is 32.9 Å². The predicted octanol–water partition coefficient (Wildman–Crippen LogP) is 2.00. The van der Waals surface area contributed by atoms with Gasteiger partial charge in [-0.15, -0.1) is 0 Å². The van der Waals surface area contributed by atoms with Crippen molar-refractivity contribution in [3.63, 3.8) is 0 Å². The summed E-state index contributed by atoms with van der Waals surface area (Å²) < 4.78 is 10.6. The highest BCUT2D eigenvalue weighted by atomic mass is 35.5. The fraction of sp³-hybridized carbons (Fsp3) is 0.467. The molecule has 0 aliphatic carbocycles. The van der Waals surface area contributed by atoms with Gasteiger partial charge in [0.2, 0.25) is 5.91 Å². The number of rotatable bonds is 7. The Morgan fingerprint density at radius 3 is 2.55 bits per heavy atom. The Morgan fingerprint density at radius 1 is 1.32 bits per heavy atom. The molecule has 2 amide bonds. The Labute approximate surface area is 135 Å². The Morgan fingerprint density at radius 2 is 2.00 bits per heavy atom. The summed E-state index contributed by atoms with van der Waals surface area (Å²) in [4.78, 5) is 23.6. The summed E-state index contributed by atoms with van der Waals surface area (Å²) >= 11 is 6.10. The molecule has 7 heteroatoms. The summed E-state index contributed by atoms with van der Waals surface area (Å²) in [5.74, 6) is 0.0846. The van der Waals surface area contributed by atoms with Crippen LogP contribution in [-0.2, 0) is 4.79 Å². The molecule has 122 valence electrons. The maximum absolute atomic E-state index is 12.1. The normalized spacial score (nSPS) is 10.3. The second kappa shape index (κ2) is 8.48. The summed E-state index contributed by atoms with van der Waals surface area (Å²) in [7, 11) is 1.46. The van der Waals surface area contributed by atoms with Crippen molar-refractivity contribution in [3.8, 4) is 11.5 Å². The van der Waals surface area contributed by atoms with Crippen molar-refractivity contribution in [1.82, 2.24) is 10.6 Å². The third-order valence-electron chi connectivity index (χ3n) is 2.64. The van der Waals surface area contributed by atoms with Crippen LogP contribution >= 0.6 is 11.6 Å². The van der Waals surface area contributed by atoms with E-state index in [0.29, 0.717) is 23.7 Å². The van der Waals surface area contributed by atoms with E-state index in [1.165, 1.54) is 19.2 Å². The number of carbonyl (C=O) groups is 2. The molecule has 0 bridgehead atoms. The van der Waals surface area contributed by atoms with Crippen LogP contribution in [0.25, 0.3) is 0 Å². The first-order valence-corrected chi connectivity index (χ1v) is 7.34. The fourth-order valence-electron chi connectivity index (χ4n) is 1.77. The van der Waals surface area contributed by atoms with Crippen molar-refractivity contribution >= 4 is 23.4 Å². The zero-order valence-electron chi connectivity index (χ0n) is 13.2. The second-order valence-corrected chi connectivity index (χ2v) is 5.23. The fourth-order valence-corrected chi connectivity index (χ4v) is 2.04. The molecular formula is C15H21ClN2O4. The highest BCUT2D eigenvalue weighted by Crippen LogP contribution is 2.36. The molecule has 0 aliphatic rings. The maximum Gasteiger partial charge on any atom is 0.251 e. The minimum absolute atomic E-state index is 0.0180. The number of amides is 2. The van der Waals surface area contributed by atoms with Crippen LogP contribution < -0.4 is 20.1 Å². The molecular weight excluding hydrogens is 308 g/mol. The van der Waals surface area contributed by atoms with Gasteiger partial charge in [-0.3, -0.25) is 9.59 Å². The monoisotopic (exact) mass is 328 g/mol. The quantitative estimate of drug-likeness (QED) is 0.802. The lowest BCUT2D eigenvalue weighted by molar-refractivity contribution is -0.120. The molecule has 0 radical (unpaired) electrons. The summed E-state index contributed by atoms with van der Waals surface area (Å²) in [5.41, 5.74) is 0.294. The number of ether oxygens (including phenoxy) is 2. The van der Waals surface area contributed by atoms with Crippen LogP contribution in [0, 0.1) is 0 Å². The van der Waals surface area contributed by atoms with Crippen molar-refractivity contribution in [2.45, 2.75) is 26.8 Å². The Kier molecular flexibility index (Phi) is 6.98. The Balaban J connectivity index is 2.81. The van der Waals surface area contributed by atoms with Crippen LogP contribution in [-0.4, -0.2) is 38.1 Å². The van der Waals surface area contributed by atoms with Crippen LogP contribution in [0.1, 0.15) is 31.1 Å². The molecule has 0 atom stereocenters. The average Bonchev–Trinajstić information content (AvgIpc) is 2.46. The molecule has 0 aromatic heterocycles. The minimum atomic E-state index is -0.415. The zero-order valence-corrected chi connectivity index (χ0v) is 13.9. The topological polar surface area (TPSA) is 76.7 Å². The van der Waals surface area contributed by atoms with Crippen LogP contribution in [0.5, 0.6) is 11.5 Å². The van der Waals surface area contributed by atoms with E-state index in [-0.39, 0.29) is 23.5 Å². The van der Waals surface area contributed by atoms with E-state index in [0.717, 1.165) is 0 Å². The van der Waals surface area contributed by atoms with E-state index in [4.69, 9.17) is 21.1 Å². The van der Waals surface area contributed by atoms with Gasteiger partial charge >= 0.3 is 0 Å². The molecule has 22 heavy (non-hydrogen) atoms. The predicted molar refractivity (Wildman–Crippen MR) is 84.8 cm³/mol. The van der Waals surface area contributed by atoms with Crippen molar-refractivity contribution in [1.29, 1.82) is 0 Å². The van der Waals surface area contributed by atoms with Gasteiger partial charge in [-0.1, -0.05) is 11.6 Å². The highest BCUT2D eigenvalue weighted by molar-refractivity contribution is 6.32. The largest absolute Gasteiger partial charge is 0.493 e. The summed E-state index contributed by atoms with van der Waals surface area (Å²) in [5, 5.41) is 5.49. The lowest BCUT2D eigenvalue weighted by Gasteiger charge is -2.13. The second-order valence-electron chi connectivity index (χ2n) is 4.83. The number of hydrogen-bond acceptors (Lipinski definition) is 4. The van der Waals surface area contributed by atoms with Gasteiger partial charge in [0.25, 0.3) is 5.91 Å².